The van der Waals surface area contributed by atoms with Crippen LogP contribution in [0.25, 0.3) is 11.3 Å². The standard InChI is InChI=1S/C20H22N2O3S/c1-14-18(9-10-19(21-14)15-5-3-2-4-6-15)20(23)22(16-7-8-16)17-11-12-26(24,25)13-17/h2-6,9-10,16-17H,7-8,11-13H2,1H3. The van der Waals surface area contributed by atoms with Gasteiger partial charge in [0.1, 0.15) is 0 Å². The van der Waals surface area contributed by atoms with E-state index in [0.717, 1.165) is 24.1 Å². The van der Waals surface area contributed by atoms with Crippen LogP contribution in [0.1, 0.15) is 35.3 Å². The number of benzene rings is 1. The van der Waals surface area contributed by atoms with Crippen LogP contribution in [-0.4, -0.2) is 47.8 Å². The average Bonchev–Trinajstić information content (AvgIpc) is 3.38. The molecule has 2 aliphatic rings. The molecule has 136 valence electrons. The van der Waals surface area contributed by atoms with Gasteiger partial charge in [0.05, 0.1) is 28.5 Å². The quantitative estimate of drug-likeness (QED) is 0.830. The number of carbonyl (C=O) groups excluding carboxylic acids is 1. The lowest BCUT2D eigenvalue weighted by Crippen LogP contribution is -2.43. The second-order valence-corrected chi connectivity index (χ2v) is 9.42. The van der Waals surface area contributed by atoms with Gasteiger partial charge in [0.2, 0.25) is 0 Å². The van der Waals surface area contributed by atoms with Gasteiger partial charge in [0, 0.05) is 17.6 Å². The Kier molecular flexibility index (Phi) is 4.31. The minimum atomic E-state index is -3.02. The summed E-state index contributed by atoms with van der Waals surface area (Å²) in [6, 6.07) is 13.5. The zero-order valence-electron chi connectivity index (χ0n) is 14.8. The molecule has 0 bridgehead atoms. The van der Waals surface area contributed by atoms with Crippen molar-refractivity contribution in [2.75, 3.05) is 11.5 Å². The Morgan fingerprint density at radius 3 is 2.35 bits per heavy atom. The normalized spacial score (nSPS) is 21.5. The molecule has 0 spiro atoms. The fraction of sp³-hybridized carbons (Fsp3) is 0.400. The summed E-state index contributed by atoms with van der Waals surface area (Å²) < 4.78 is 23.7. The predicted octanol–water partition coefficient (Wildman–Crippen LogP) is 2.85. The summed E-state index contributed by atoms with van der Waals surface area (Å²) in [5.41, 5.74) is 3.10. The summed E-state index contributed by atoms with van der Waals surface area (Å²) in [5.74, 6) is 0.182. The molecule has 0 N–H and O–H groups in total. The van der Waals surface area contributed by atoms with Crippen LogP contribution in [0.2, 0.25) is 0 Å². The van der Waals surface area contributed by atoms with E-state index >= 15 is 0 Å². The van der Waals surface area contributed by atoms with Crippen LogP contribution < -0.4 is 0 Å². The topological polar surface area (TPSA) is 67.3 Å². The predicted molar refractivity (Wildman–Crippen MR) is 101 cm³/mol. The van der Waals surface area contributed by atoms with Crippen molar-refractivity contribution in [1.82, 2.24) is 9.88 Å². The molecule has 0 radical (unpaired) electrons. The zero-order chi connectivity index (χ0) is 18.3. The largest absolute Gasteiger partial charge is 0.332 e. The highest BCUT2D eigenvalue weighted by Crippen LogP contribution is 2.34. The summed E-state index contributed by atoms with van der Waals surface area (Å²) in [5, 5.41) is 0. The first-order valence-electron chi connectivity index (χ1n) is 9.01. The fourth-order valence-electron chi connectivity index (χ4n) is 3.67. The second-order valence-electron chi connectivity index (χ2n) is 7.20. The van der Waals surface area contributed by atoms with Crippen LogP contribution in [0, 0.1) is 6.92 Å². The minimum absolute atomic E-state index is 0.0841. The maximum absolute atomic E-state index is 13.2. The number of amides is 1. The molecule has 2 fully saturated rings. The highest BCUT2D eigenvalue weighted by Gasteiger charge is 2.42. The van der Waals surface area contributed by atoms with Gasteiger partial charge in [-0.3, -0.25) is 9.78 Å². The van der Waals surface area contributed by atoms with Gasteiger partial charge >= 0.3 is 0 Å². The van der Waals surface area contributed by atoms with Crippen molar-refractivity contribution in [3.63, 3.8) is 0 Å². The molecule has 2 aromatic rings. The van der Waals surface area contributed by atoms with Crippen LogP contribution in [-0.2, 0) is 9.84 Å². The summed E-state index contributed by atoms with van der Waals surface area (Å²) in [4.78, 5) is 19.6. The summed E-state index contributed by atoms with van der Waals surface area (Å²) in [6.45, 7) is 1.84. The van der Waals surface area contributed by atoms with Crippen molar-refractivity contribution in [3.8, 4) is 11.3 Å². The number of hydrogen-bond donors (Lipinski definition) is 0. The number of sulfone groups is 1. The molecule has 4 rings (SSSR count). The van der Waals surface area contributed by atoms with Gasteiger partial charge in [-0.15, -0.1) is 0 Å². The van der Waals surface area contributed by atoms with Crippen molar-refractivity contribution in [3.05, 3.63) is 53.7 Å². The highest BCUT2D eigenvalue weighted by molar-refractivity contribution is 7.91. The van der Waals surface area contributed by atoms with Crippen molar-refractivity contribution in [1.29, 1.82) is 0 Å². The average molecular weight is 370 g/mol. The lowest BCUT2D eigenvalue weighted by atomic mass is 10.1. The van der Waals surface area contributed by atoms with E-state index in [1.165, 1.54) is 0 Å². The van der Waals surface area contributed by atoms with Crippen LogP contribution in [0.5, 0.6) is 0 Å². The Morgan fingerprint density at radius 2 is 1.77 bits per heavy atom. The summed E-state index contributed by atoms with van der Waals surface area (Å²) in [6.07, 6.45) is 2.45. The van der Waals surface area contributed by atoms with E-state index in [9.17, 15) is 13.2 Å². The van der Waals surface area contributed by atoms with E-state index in [1.807, 2.05) is 54.3 Å². The Labute approximate surface area is 154 Å². The molecule has 2 heterocycles. The SMILES string of the molecule is Cc1nc(-c2ccccc2)ccc1C(=O)N(C1CC1)C1CCS(=O)(=O)C1. The Balaban J connectivity index is 1.62. The maximum atomic E-state index is 13.2. The highest BCUT2D eigenvalue weighted by atomic mass is 32.2. The third-order valence-corrected chi connectivity index (χ3v) is 6.91. The molecular weight excluding hydrogens is 348 g/mol. The van der Waals surface area contributed by atoms with E-state index in [0.29, 0.717) is 17.7 Å². The van der Waals surface area contributed by atoms with Crippen molar-refractivity contribution >= 4 is 15.7 Å². The molecule has 1 aliphatic carbocycles. The van der Waals surface area contributed by atoms with Gasteiger partial charge in [-0.2, -0.15) is 0 Å². The number of carbonyl (C=O) groups is 1. The lowest BCUT2D eigenvalue weighted by molar-refractivity contribution is 0.0679. The number of nitrogens with zero attached hydrogens (tertiary/aromatic N) is 2. The minimum Gasteiger partial charge on any atom is -0.332 e. The first-order valence-corrected chi connectivity index (χ1v) is 10.8. The zero-order valence-corrected chi connectivity index (χ0v) is 15.6. The van der Waals surface area contributed by atoms with E-state index in [1.54, 1.807) is 0 Å². The molecule has 1 amide bonds. The van der Waals surface area contributed by atoms with Crippen LogP contribution >= 0.6 is 0 Å². The third kappa shape index (κ3) is 3.38. The van der Waals surface area contributed by atoms with Crippen LogP contribution in [0.4, 0.5) is 0 Å². The fourth-order valence-corrected chi connectivity index (χ4v) is 5.38. The van der Waals surface area contributed by atoms with Crippen LogP contribution in [0.3, 0.4) is 0 Å². The Morgan fingerprint density at radius 1 is 1.04 bits per heavy atom. The molecule has 1 saturated carbocycles. The van der Waals surface area contributed by atoms with Gasteiger partial charge in [0.25, 0.3) is 5.91 Å². The molecule has 1 atom stereocenters. The molecule has 1 aromatic heterocycles. The van der Waals surface area contributed by atoms with Gasteiger partial charge < -0.3 is 4.90 Å². The van der Waals surface area contributed by atoms with Crippen molar-refractivity contribution in [2.24, 2.45) is 0 Å². The molecule has 1 unspecified atom stereocenters. The molecule has 6 heteroatoms. The van der Waals surface area contributed by atoms with Crippen LogP contribution in [0.15, 0.2) is 42.5 Å². The summed E-state index contributed by atoms with van der Waals surface area (Å²) >= 11 is 0. The van der Waals surface area contributed by atoms with Crippen molar-refractivity contribution < 1.29 is 13.2 Å². The third-order valence-electron chi connectivity index (χ3n) is 5.16. The van der Waals surface area contributed by atoms with Gasteiger partial charge in [0.15, 0.2) is 9.84 Å². The van der Waals surface area contributed by atoms with E-state index in [-0.39, 0.29) is 29.5 Å². The van der Waals surface area contributed by atoms with E-state index in [4.69, 9.17) is 0 Å². The number of aryl methyl sites for hydroxylation is 1. The first-order chi connectivity index (χ1) is 12.4. The monoisotopic (exact) mass is 370 g/mol. The Hall–Kier alpha value is -2.21. The number of aromatic nitrogens is 1. The van der Waals surface area contributed by atoms with Gasteiger partial charge in [-0.1, -0.05) is 30.3 Å². The molecule has 26 heavy (non-hydrogen) atoms. The summed E-state index contributed by atoms with van der Waals surface area (Å²) in [7, 11) is -3.02. The first kappa shape index (κ1) is 17.2. The lowest BCUT2D eigenvalue weighted by Gasteiger charge is -2.29. The van der Waals surface area contributed by atoms with Gasteiger partial charge in [-0.25, -0.2) is 8.42 Å². The van der Waals surface area contributed by atoms with Crippen molar-refractivity contribution in [2.45, 2.75) is 38.3 Å². The van der Waals surface area contributed by atoms with E-state index in [2.05, 4.69) is 4.98 Å². The molecule has 1 aromatic carbocycles. The molecule has 5 nitrogen and oxygen atoms in total. The maximum Gasteiger partial charge on any atom is 0.256 e. The smallest absolute Gasteiger partial charge is 0.256 e. The van der Waals surface area contributed by atoms with Gasteiger partial charge in [-0.05, 0) is 38.3 Å². The number of rotatable bonds is 4. The number of hydrogen-bond acceptors (Lipinski definition) is 4. The molecule has 1 saturated heterocycles. The molecule has 1 aliphatic heterocycles. The second kappa shape index (κ2) is 6.50. The molecular formula is C20H22N2O3S. The number of pyridine rings is 1. The Bertz CT molecular complexity index is 937. The van der Waals surface area contributed by atoms with E-state index < -0.39 is 9.84 Å².